The molecule has 2 aromatic carbocycles. The number of amides is 1. The zero-order valence-electron chi connectivity index (χ0n) is 16.9. The number of nitrogens with zero attached hydrogens (tertiary/aromatic N) is 4. The second-order valence-corrected chi connectivity index (χ2v) is 7.73. The van der Waals surface area contributed by atoms with E-state index in [1.54, 1.807) is 10.9 Å². The molecule has 5 heteroatoms. The van der Waals surface area contributed by atoms with Crippen LogP contribution in [0.4, 0.5) is 4.79 Å². The van der Waals surface area contributed by atoms with Crippen LogP contribution in [0.2, 0.25) is 0 Å². The first-order chi connectivity index (χ1) is 14.2. The summed E-state index contributed by atoms with van der Waals surface area (Å²) in [6.45, 7) is 3.15. The molecule has 2 heterocycles. The third kappa shape index (κ3) is 4.74. The van der Waals surface area contributed by atoms with Gasteiger partial charge in [0.25, 0.3) is 0 Å². The van der Waals surface area contributed by atoms with Gasteiger partial charge in [-0.25, -0.2) is 9.78 Å². The minimum Gasteiger partial charge on any atom is -0.324 e. The van der Waals surface area contributed by atoms with Crippen LogP contribution in [0.5, 0.6) is 0 Å². The molecule has 1 fully saturated rings. The number of carbonyl (C=O) groups is 1. The first kappa shape index (κ1) is 19.4. The summed E-state index contributed by atoms with van der Waals surface area (Å²) < 4.78 is 1.60. The van der Waals surface area contributed by atoms with E-state index in [1.807, 2.05) is 48.5 Å². The summed E-state index contributed by atoms with van der Waals surface area (Å²) >= 11 is 0. The Hall–Kier alpha value is -2.92. The van der Waals surface area contributed by atoms with E-state index in [0.717, 1.165) is 50.2 Å². The molecule has 0 atom stereocenters. The normalized spacial score (nSPS) is 15.3. The number of benzene rings is 2. The predicted molar refractivity (Wildman–Crippen MR) is 116 cm³/mol. The van der Waals surface area contributed by atoms with Crippen molar-refractivity contribution in [2.45, 2.75) is 25.3 Å². The molecule has 150 valence electrons. The number of carbonyl (C=O) groups excluding carboxylic acids is 1. The molecule has 1 aliphatic heterocycles. The highest BCUT2D eigenvalue weighted by Crippen LogP contribution is 2.19. The van der Waals surface area contributed by atoms with Crippen LogP contribution in [0.15, 0.2) is 73.2 Å². The molecule has 1 saturated heterocycles. The molecule has 29 heavy (non-hydrogen) atoms. The monoisotopic (exact) mass is 388 g/mol. The fourth-order valence-corrected chi connectivity index (χ4v) is 3.99. The van der Waals surface area contributed by atoms with Gasteiger partial charge in [0.1, 0.15) is 6.33 Å². The van der Waals surface area contributed by atoms with Crippen molar-refractivity contribution >= 4 is 6.03 Å². The summed E-state index contributed by atoms with van der Waals surface area (Å²) in [5.41, 5.74) is 3.23. The highest BCUT2D eigenvalue weighted by Gasteiger charge is 2.26. The summed E-state index contributed by atoms with van der Waals surface area (Å²) in [6.07, 6.45) is 6.55. The van der Waals surface area contributed by atoms with Crippen LogP contribution in [0, 0.1) is 0 Å². The van der Waals surface area contributed by atoms with Gasteiger partial charge in [-0.15, -0.1) is 0 Å². The standard InChI is InChI=1S/C24H28N4O/c1-26(24(29)28-18-23(25-19-28)21-10-6-3-7-11-21)22-13-16-27(17-14-22)15-12-20-8-4-2-5-9-20/h2-11,18-19,22H,12-17H2,1H3. The van der Waals surface area contributed by atoms with E-state index in [4.69, 9.17) is 0 Å². The second-order valence-electron chi connectivity index (χ2n) is 7.73. The van der Waals surface area contributed by atoms with Crippen LogP contribution in [0.1, 0.15) is 18.4 Å². The molecule has 0 radical (unpaired) electrons. The third-order valence-electron chi connectivity index (χ3n) is 5.84. The van der Waals surface area contributed by atoms with Gasteiger partial charge in [-0.2, -0.15) is 0 Å². The lowest BCUT2D eigenvalue weighted by atomic mass is 10.0. The van der Waals surface area contributed by atoms with Crippen molar-refractivity contribution in [3.8, 4) is 11.3 Å². The van der Waals surface area contributed by atoms with Crippen LogP contribution in [0.25, 0.3) is 11.3 Å². The van der Waals surface area contributed by atoms with Gasteiger partial charge in [0.2, 0.25) is 0 Å². The Kier molecular flexibility index (Phi) is 6.06. The molecule has 4 rings (SSSR count). The maximum atomic E-state index is 12.9. The van der Waals surface area contributed by atoms with Crippen molar-refractivity contribution in [2.75, 3.05) is 26.7 Å². The minimum absolute atomic E-state index is 0.0117. The number of hydrogen-bond donors (Lipinski definition) is 0. The Morgan fingerprint density at radius 1 is 1.03 bits per heavy atom. The first-order valence-corrected chi connectivity index (χ1v) is 10.3. The van der Waals surface area contributed by atoms with E-state index in [0.29, 0.717) is 0 Å². The summed E-state index contributed by atoms with van der Waals surface area (Å²) in [7, 11) is 1.91. The van der Waals surface area contributed by atoms with Crippen LogP contribution in [-0.2, 0) is 6.42 Å². The van der Waals surface area contributed by atoms with E-state index in [9.17, 15) is 4.79 Å². The Morgan fingerprint density at radius 3 is 2.38 bits per heavy atom. The Balaban J connectivity index is 1.29. The zero-order valence-corrected chi connectivity index (χ0v) is 16.9. The summed E-state index contributed by atoms with van der Waals surface area (Å²) in [6, 6.07) is 20.8. The quantitative estimate of drug-likeness (QED) is 0.659. The lowest BCUT2D eigenvalue weighted by Crippen LogP contribution is -2.47. The van der Waals surface area contributed by atoms with E-state index < -0.39 is 0 Å². The maximum Gasteiger partial charge on any atom is 0.329 e. The predicted octanol–water partition coefficient (Wildman–Crippen LogP) is 4.16. The van der Waals surface area contributed by atoms with Crippen molar-refractivity contribution in [1.29, 1.82) is 0 Å². The Labute approximate surface area is 172 Å². The molecule has 1 aromatic heterocycles. The van der Waals surface area contributed by atoms with Crippen molar-refractivity contribution in [3.63, 3.8) is 0 Å². The van der Waals surface area contributed by atoms with Gasteiger partial charge in [0, 0.05) is 44.5 Å². The highest BCUT2D eigenvalue weighted by molar-refractivity contribution is 5.78. The van der Waals surface area contributed by atoms with E-state index in [-0.39, 0.29) is 12.1 Å². The molecule has 0 saturated carbocycles. The number of piperidine rings is 1. The third-order valence-corrected chi connectivity index (χ3v) is 5.84. The molecule has 5 nitrogen and oxygen atoms in total. The molecule has 0 unspecified atom stereocenters. The van der Waals surface area contributed by atoms with Gasteiger partial charge in [0.15, 0.2) is 0 Å². The molecule has 0 N–H and O–H groups in total. The van der Waals surface area contributed by atoms with E-state index in [2.05, 4.69) is 40.2 Å². The largest absolute Gasteiger partial charge is 0.329 e. The maximum absolute atomic E-state index is 12.9. The highest BCUT2D eigenvalue weighted by atomic mass is 16.2. The van der Waals surface area contributed by atoms with Gasteiger partial charge in [-0.05, 0) is 24.8 Å². The number of rotatable bonds is 5. The Bertz CT molecular complexity index is 914. The van der Waals surface area contributed by atoms with E-state index >= 15 is 0 Å². The molecular formula is C24H28N4O. The van der Waals surface area contributed by atoms with Crippen LogP contribution < -0.4 is 0 Å². The van der Waals surface area contributed by atoms with Gasteiger partial charge >= 0.3 is 6.03 Å². The molecule has 1 aliphatic rings. The first-order valence-electron chi connectivity index (χ1n) is 10.3. The van der Waals surface area contributed by atoms with Crippen molar-refractivity contribution in [3.05, 3.63) is 78.8 Å². The van der Waals surface area contributed by atoms with Crippen LogP contribution in [-0.4, -0.2) is 58.1 Å². The average molecular weight is 389 g/mol. The van der Waals surface area contributed by atoms with Gasteiger partial charge in [-0.3, -0.25) is 4.57 Å². The SMILES string of the molecule is CN(C(=O)n1cnc(-c2ccccc2)c1)C1CCN(CCc2ccccc2)CC1. The summed E-state index contributed by atoms with van der Waals surface area (Å²) in [5.74, 6) is 0. The molecular weight excluding hydrogens is 360 g/mol. The molecule has 3 aromatic rings. The van der Waals surface area contributed by atoms with Gasteiger partial charge in [-0.1, -0.05) is 60.7 Å². The van der Waals surface area contributed by atoms with Crippen molar-refractivity contribution in [2.24, 2.45) is 0 Å². The summed E-state index contributed by atoms with van der Waals surface area (Å²) in [5, 5.41) is 0. The number of likely N-dealkylation sites (tertiary alicyclic amines) is 1. The lowest BCUT2D eigenvalue weighted by molar-refractivity contribution is 0.136. The second kappa shape index (κ2) is 9.05. The summed E-state index contributed by atoms with van der Waals surface area (Å²) in [4.78, 5) is 21.7. The number of aromatic nitrogens is 2. The fourth-order valence-electron chi connectivity index (χ4n) is 3.99. The fraction of sp³-hybridized carbons (Fsp3) is 0.333. The van der Waals surface area contributed by atoms with Gasteiger partial charge in [0.05, 0.1) is 5.69 Å². The molecule has 1 amide bonds. The lowest BCUT2D eigenvalue weighted by Gasteiger charge is -2.36. The molecule has 0 aliphatic carbocycles. The molecule has 0 spiro atoms. The topological polar surface area (TPSA) is 41.4 Å². The molecule has 0 bridgehead atoms. The van der Waals surface area contributed by atoms with Crippen LogP contribution in [0.3, 0.4) is 0 Å². The zero-order chi connectivity index (χ0) is 20.1. The smallest absolute Gasteiger partial charge is 0.324 e. The average Bonchev–Trinajstić information content (AvgIpc) is 3.29. The van der Waals surface area contributed by atoms with Crippen LogP contribution >= 0.6 is 0 Å². The number of hydrogen-bond acceptors (Lipinski definition) is 3. The van der Waals surface area contributed by atoms with Crippen molar-refractivity contribution in [1.82, 2.24) is 19.4 Å². The van der Waals surface area contributed by atoms with Gasteiger partial charge < -0.3 is 9.80 Å². The minimum atomic E-state index is -0.0117. The Morgan fingerprint density at radius 2 is 1.69 bits per heavy atom. The van der Waals surface area contributed by atoms with Crippen molar-refractivity contribution < 1.29 is 4.79 Å². The van der Waals surface area contributed by atoms with E-state index in [1.165, 1.54) is 5.56 Å². The number of imidazole rings is 1.